The van der Waals surface area contributed by atoms with Gasteiger partial charge in [0.25, 0.3) is 0 Å². The van der Waals surface area contributed by atoms with Crippen LogP contribution in [0.1, 0.15) is 64.2 Å². The van der Waals surface area contributed by atoms with Crippen LogP contribution in [0.4, 0.5) is 0 Å². The number of hydrogen-bond acceptors (Lipinski definition) is 1. The van der Waals surface area contributed by atoms with E-state index in [4.69, 9.17) is 4.74 Å². The minimum Gasteiger partial charge on any atom is -0.385 e. The van der Waals surface area contributed by atoms with E-state index >= 15 is 0 Å². The molecule has 1 nitrogen and oxygen atoms in total. The molecular formula is C14H27BrO. The van der Waals surface area contributed by atoms with Crippen molar-refractivity contribution in [3.63, 3.8) is 0 Å². The van der Waals surface area contributed by atoms with Crippen molar-refractivity contribution >= 4 is 15.9 Å². The standard InChI is InChI=1S/C14H27BrO/c1-16-14-12-10-8-6-4-2-3-5-7-9-11-13-15/h11,13H,2-10,12,14H2,1H3/b13-11+. The van der Waals surface area contributed by atoms with Gasteiger partial charge < -0.3 is 4.74 Å². The molecule has 0 aromatic carbocycles. The largest absolute Gasteiger partial charge is 0.385 e. The van der Waals surface area contributed by atoms with E-state index in [0.29, 0.717) is 0 Å². The van der Waals surface area contributed by atoms with Crippen LogP contribution in [0, 0.1) is 0 Å². The minimum absolute atomic E-state index is 0.932. The van der Waals surface area contributed by atoms with Crippen LogP contribution in [0.3, 0.4) is 0 Å². The Balaban J connectivity index is 2.88. The van der Waals surface area contributed by atoms with Gasteiger partial charge in [-0.05, 0) is 24.2 Å². The van der Waals surface area contributed by atoms with E-state index in [9.17, 15) is 0 Å². The predicted molar refractivity (Wildman–Crippen MR) is 76.1 cm³/mol. The van der Waals surface area contributed by atoms with E-state index in [1.165, 1.54) is 64.2 Å². The predicted octanol–water partition coefficient (Wildman–Crippen LogP) is 5.44. The van der Waals surface area contributed by atoms with Crippen LogP contribution in [0.2, 0.25) is 0 Å². The summed E-state index contributed by atoms with van der Waals surface area (Å²) in [5.74, 6) is 0. The fraction of sp³-hybridized carbons (Fsp3) is 0.857. The van der Waals surface area contributed by atoms with Gasteiger partial charge in [0.2, 0.25) is 0 Å². The molecule has 0 aliphatic heterocycles. The summed E-state index contributed by atoms with van der Waals surface area (Å²) in [5.41, 5.74) is 0. The number of allylic oxidation sites excluding steroid dienone is 1. The van der Waals surface area contributed by atoms with E-state index < -0.39 is 0 Å². The lowest BCUT2D eigenvalue weighted by Crippen LogP contribution is -1.88. The third-order valence-electron chi connectivity index (χ3n) is 2.81. The molecule has 0 fully saturated rings. The van der Waals surface area contributed by atoms with Crippen molar-refractivity contribution < 1.29 is 4.74 Å². The molecule has 0 rings (SSSR count). The summed E-state index contributed by atoms with van der Waals surface area (Å²) in [7, 11) is 1.78. The van der Waals surface area contributed by atoms with Crippen molar-refractivity contribution in [3.8, 4) is 0 Å². The SMILES string of the molecule is COCCCCCCCCCCC/C=C/Br. The number of methoxy groups -OCH3 is 1. The van der Waals surface area contributed by atoms with Crippen molar-refractivity contribution in [2.45, 2.75) is 64.2 Å². The maximum Gasteiger partial charge on any atom is 0.0462 e. The average Bonchev–Trinajstić information content (AvgIpc) is 2.31. The number of rotatable bonds is 12. The molecule has 96 valence electrons. The Morgan fingerprint density at radius 2 is 1.31 bits per heavy atom. The summed E-state index contributed by atoms with van der Waals surface area (Å²) in [4.78, 5) is 1.97. The van der Waals surface area contributed by atoms with Crippen LogP contribution in [-0.4, -0.2) is 13.7 Å². The molecule has 0 aromatic heterocycles. The van der Waals surface area contributed by atoms with Gasteiger partial charge in [-0.25, -0.2) is 0 Å². The van der Waals surface area contributed by atoms with Gasteiger partial charge in [-0.3, -0.25) is 0 Å². The van der Waals surface area contributed by atoms with Crippen LogP contribution in [-0.2, 0) is 4.74 Å². The van der Waals surface area contributed by atoms with Crippen molar-refractivity contribution in [3.05, 3.63) is 11.1 Å². The number of halogens is 1. The fourth-order valence-corrected chi connectivity index (χ4v) is 2.07. The van der Waals surface area contributed by atoms with E-state index in [-0.39, 0.29) is 0 Å². The van der Waals surface area contributed by atoms with Crippen LogP contribution in [0.25, 0.3) is 0 Å². The van der Waals surface area contributed by atoms with E-state index in [1.54, 1.807) is 7.11 Å². The Kier molecular flexibility index (Phi) is 15.4. The molecule has 0 heterocycles. The van der Waals surface area contributed by atoms with Crippen molar-refractivity contribution in [1.82, 2.24) is 0 Å². The maximum atomic E-state index is 5.02. The Bertz CT molecular complexity index is 146. The Hall–Kier alpha value is 0.180. The van der Waals surface area contributed by atoms with Gasteiger partial charge in [0, 0.05) is 13.7 Å². The molecule has 0 bridgehead atoms. The van der Waals surface area contributed by atoms with Crippen LogP contribution in [0.15, 0.2) is 11.1 Å². The van der Waals surface area contributed by atoms with Gasteiger partial charge in [0.1, 0.15) is 0 Å². The number of ether oxygens (including phenoxy) is 1. The highest BCUT2D eigenvalue weighted by molar-refractivity contribution is 9.11. The zero-order chi connectivity index (χ0) is 11.9. The van der Waals surface area contributed by atoms with Crippen molar-refractivity contribution in [1.29, 1.82) is 0 Å². The maximum absolute atomic E-state index is 5.02. The third kappa shape index (κ3) is 14.2. The van der Waals surface area contributed by atoms with E-state index in [0.717, 1.165) is 6.61 Å². The zero-order valence-electron chi connectivity index (χ0n) is 10.7. The monoisotopic (exact) mass is 290 g/mol. The molecule has 0 aliphatic rings. The molecular weight excluding hydrogens is 264 g/mol. The van der Waals surface area contributed by atoms with Crippen LogP contribution in [0.5, 0.6) is 0 Å². The highest BCUT2D eigenvalue weighted by Gasteiger charge is 1.92. The zero-order valence-corrected chi connectivity index (χ0v) is 12.3. The summed E-state index contributed by atoms with van der Waals surface area (Å²) >= 11 is 3.29. The molecule has 0 radical (unpaired) electrons. The lowest BCUT2D eigenvalue weighted by Gasteiger charge is -2.01. The van der Waals surface area contributed by atoms with Gasteiger partial charge in [0.15, 0.2) is 0 Å². The summed E-state index contributed by atoms with van der Waals surface area (Å²) in [6.07, 6.45) is 15.8. The highest BCUT2D eigenvalue weighted by atomic mass is 79.9. The second kappa shape index (κ2) is 15.2. The molecule has 0 spiro atoms. The Morgan fingerprint density at radius 3 is 1.81 bits per heavy atom. The van der Waals surface area contributed by atoms with Crippen LogP contribution >= 0.6 is 15.9 Å². The first-order valence-corrected chi connectivity index (χ1v) is 7.57. The molecule has 0 atom stereocenters. The molecule has 0 amide bonds. The van der Waals surface area contributed by atoms with Gasteiger partial charge in [0.05, 0.1) is 0 Å². The van der Waals surface area contributed by atoms with E-state index in [1.807, 2.05) is 4.99 Å². The second-order valence-electron chi connectivity index (χ2n) is 4.33. The topological polar surface area (TPSA) is 9.23 Å². The second-order valence-corrected chi connectivity index (χ2v) is 4.85. The smallest absolute Gasteiger partial charge is 0.0462 e. The van der Waals surface area contributed by atoms with E-state index in [2.05, 4.69) is 22.0 Å². The first-order chi connectivity index (χ1) is 7.91. The van der Waals surface area contributed by atoms with Gasteiger partial charge in [-0.2, -0.15) is 0 Å². The molecule has 0 saturated heterocycles. The molecule has 2 heteroatoms. The Labute approximate surface area is 110 Å². The first kappa shape index (κ1) is 16.2. The summed E-state index contributed by atoms with van der Waals surface area (Å²) in [6.45, 7) is 0.932. The summed E-state index contributed by atoms with van der Waals surface area (Å²) in [5, 5.41) is 0. The van der Waals surface area contributed by atoms with Gasteiger partial charge >= 0.3 is 0 Å². The quantitative estimate of drug-likeness (QED) is 0.435. The molecule has 0 aliphatic carbocycles. The molecule has 0 saturated carbocycles. The molecule has 0 aromatic rings. The third-order valence-corrected chi connectivity index (χ3v) is 3.18. The highest BCUT2D eigenvalue weighted by Crippen LogP contribution is 2.10. The fourth-order valence-electron chi connectivity index (χ4n) is 1.81. The van der Waals surface area contributed by atoms with Crippen molar-refractivity contribution in [2.75, 3.05) is 13.7 Å². The van der Waals surface area contributed by atoms with Crippen molar-refractivity contribution in [2.24, 2.45) is 0 Å². The normalized spacial score (nSPS) is 11.4. The minimum atomic E-state index is 0.932. The van der Waals surface area contributed by atoms with Crippen LogP contribution < -0.4 is 0 Å². The molecule has 0 N–H and O–H groups in total. The average molecular weight is 291 g/mol. The summed E-state index contributed by atoms with van der Waals surface area (Å²) in [6, 6.07) is 0. The van der Waals surface area contributed by atoms with Gasteiger partial charge in [-0.1, -0.05) is 67.0 Å². The lowest BCUT2D eigenvalue weighted by atomic mass is 10.1. The number of unbranched alkanes of at least 4 members (excludes halogenated alkanes) is 9. The molecule has 0 unspecified atom stereocenters. The Morgan fingerprint density at radius 1 is 0.812 bits per heavy atom. The number of hydrogen-bond donors (Lipinski definition) is 0. The summed E-state index contributed by atoms with van der Waals surface area (Å²) < 4.78 is 5.02. The lowest BCUT2D eigenvalue weighted by molar-refractivity contribution is 0.192. The first-order valence-electron chi connectivity index (χ1n) is 6.66. The molecule has 16 heavy (non-hydrogen) atoms. The van der Waals surface area contributed by atoms with Gasteiger partial charge in [-0.15, -0.1) is 0 Å².